The van der Waals surface area contributed by atoms with Crippen LogP contribution in [0.2, 0.25) is 0 Å². The number of non-ortho nitro benzene ring substituents is 1. The number of benzene rings is 2. The zero-order valence-corrected chi connectivity index (χ0v) is 11.9. The van der Waals surface area contributed by atoms with Crippen molar-refractivity contribution in [3.63, 3.8) is 0 Å². The highest BCUT2D eigenvalue weighted by atomic mass is 16.6. The number of nitrogens with zero attached hydrogens (tertiary/aromatic N) is 2. The molecule has 2 aromatic carbocycles. The molecule has 0 fully saturated rings. The number of ketones is 1. The Morgan fingerprint density at radius 1 is 1.27 bits per heavy atom. The molecular weight excluding hydrogens is 282 g/mol. The molecule has 0 aromatic heterocycles. The minimum atomic E-state index is -0.457. The maximum atomic E-state index is 11.6. The maximum absolute atomic E-state index is 11.6. The summed E-state index contributed by atoms with van der Waals surface area (Å²) in [7, 11) is 0. The summed E-state index contributed by atoms with van der Waals surface area (Å²) in [6, 6.07) is 13.0. The van der Waals surface area contributed by atoms with Gasteiger partial charge in [-0.05, 0) is 30.7 Å². The number of anilines is 1. The SMILES string of the molecule is CC(=O)c1ccc(C#N)cc1NCc1ccc([N+](=O)[O-])cc1. The Balaban J connectivity index is 2.18. The van der Waals surface area contributed by atoms with Gasteiger partial charge in [0.1, 0.15) is 0 Å². The third-order valence-electron chi connectivity index (χ3n) is 3.16. The van der Waals surface area contributed by atoms with Gasteiger partial charge in [0.2, 0.25) is 0 Å². The van der Waals surface area contributed by atoms with E-state index in [0.29, 0.717) is 23.4 Å². The number of rotatable bonds is 5. The van der Waals surface area contributed by atoms with Gasteiger partial charge in [-0.25, -0.2) is 0 Å². The van der Waals surface area contributed by atoms with Crippen LogP contribution in [0, 0.1) is 21.4 Å². The fourth-order valence-corrected chi connectivity index (χ4v) is 2.00. The Morgan fingerprint density at radius 3 is 2.50 bits per heavy atom. The molecule has 2 aromatic rings. The highest BCUT2D eigenvalue weighted by Gasteiger charge is 2.09. The molecule has 0 spiro atoms. The van der Waals surface area contributed by atoms with Gasteiger partial charge in [0.15, 0.2) is 5.78 Å². The molecule has 0 atom stereocenters. The molecule has 0 unspecified atom stereocenters. The number of nitro groups is 1. The van der Waals surface area contributed by atoms with Crippen molar-refractivity contribution in [3.8, 4) is 6.07 Å². The molecule has 0 saturated carbocycles. The summed E-state index contributed by atoms with van der Waals surface area (Å²) in [5.74, 6) is -0.101. The largest absolute Gasteiger partial charge is 0.380 e. The maximum Gasteiger partial charge on any atom is 0.269 e. The van der Waals surface area contributed by atoms with E-state index in [1.807, 2.05) is 6.07 Å². The molecule has 0 bridgehead atoms. The van der Waals surface area contributed by atoms with E-state index in [1.54, 1.807) is 30.3 Å². The van der Waals surface area contributed by atoms with Crippen LogP contribution in [-0.4, -0.2) is 10.7 Å². The number of carbonyl (C=O) groups is 1. The van der Waals surface area contributed by atoms with E-state index in [1.165, 1.54) is 19.1 Å². The molecular formula is C16H13N3O3. The normalized spacial score (nSPS) is 9.82. The van der Waals surface area contributed by atoms with E-state index in [4.69, 9.17) is 5.26 Å². The number of nitro benzene ring substituents is 1. The van der Waals surface area contributed by atoms with Crippen LogP contribution in [0.25, 0.3) is 0 Å². The third kappa shape index (κ3) is 3.46. The Kier molecular flexibility index (Phi) is 4.49. The zero-order valence-electron chi connectivity index (χ0n) is 11.9. The number of nitrogens with one attached hydrogen (secondary N) is 1. The molecule has 0 aliphatic heterocycles. The van der Waals surface area contributed by atoms with Crippen molar-refractivity contribution in [3.05, 3.63) is 69.3 Å². The van der Waals surface area contributed by atoms with E-state index >= 15 is 0 Å². The molecule has 2 rings (SSSR count). The molecule has 0 amide bonds. The Labute approximate surface area is 127 Å². The van der Waals surface area contributed by atoms with E-state index in [2.05, 4.69) is 5.32 Å². The average Bonchev–Trinajstić information content (AvgIpc) is 2.52. The summed E-state index contributed by atoms with van der Waals surface area (Å²) in [5, 5.41) is 22.6. The molecule has 22 heavy (non-hydrogen) atoms. The van der Waals surface area contributed by atoms with Gasteiger partial charge in [-0.2, -0.15) is 5.26 Å². The second-order valence-electron chi connectivity index (χ2n) is 4.71. The molecule has 0 saturated heterocycles. The Bertz CT molecular complexity index is 761. The number of carbonyl (C=O) groups excluding carboxylic acids is 1. The van der Waals surface area contributed by atoms with Gasteiger partial charge in [-0.15, -0.1) is 0 Å². The number of Topliss-reactive ketones (excluding diaryl/α,β-unsaturated/α-hetero) is 1. The zero-order chi connectivity index (χ0) is 16.1. The highest BCUT2D eigenvalue weighted by molar-refractivity contribution is 5.99. The van der Waals surface area contributed by atoms with E-state index < -0.39 is 4.92 Å². The lowest BCUT2D eigenvalue weighted by molar-refractivity contribution is -0.384. The fraction of sp³-hybridized carbons (Fsp3) is 0.125. The first-order valence-corrected chi connectivity index (χ1v) is 6.53. The van der Waals surface area contributed by atoms with Crippen LogP contribution in [0.1, 0.15) is 28.4 Å². The summed E-state index contributed by atoms with van der Waals surface area (Å²) < 4.78 is 0. The van der Waals surface area contributed by atoms with Crippen molar-refractivity contribution in [2.75, 3.05) is 5.32 Å². The van der Waals surface area contributed by atoms with Gasteiger partial charge in [0.25, 0.3) is 5.69 Å². The van der Waals surface area contributed by atoms with Crippen LogP contribution in [0.5, 0.6) is 0 Å². The summed E-state index contributed by atoms with van der Waals surface area (Å²) in [6.07, 6.45) is 0. The predicted octanol–water partition coefficient (Wildman–Crippen LogP) is 3.28. The van der Waals surface area contributed by atoms with Crippen LogP contribution in [-0.2, 0) is 6.54 Å². The summed E-state index contributed by atoms with van der Waals surface area (Å²) in [6.45, 7) is 1.85. The van der Waals surface area contributed by atoms with Crippen molar-refractivity contribution in [1.29, 1.82) is 5.26 Å². The van der Waals surface area contributed by atoms with Crippen molar-refractivity contribution >= 4 is 17.2 Å². The fourth-order valence-electron chi connectivity index (χ4n) is 2.00. The third-order valence-corrected chi connectivity index (χ3v) is 3.16. The molecule has 0 heterocycles. The smallest absolute Gasteiger partial charge is 0.269 e. The standard InChI is InChI=1S/C16H13N3O3/c1-11(20)15-7-4-13(9-17)8-16(15)18-10-12-2-5-14(6-3-12)19(21)22/h2-8,18H,10H2,1H3. The van der Waals surface area contributed by atoms with Crippen LogP contribution in [0.4, 0.5) is 11.4 Å². The first kappa shape index (κ1) is 15.2. The Morgan fingerprint density at radius 2 is 1.95 bits per heavy atom. The molecule has 110 valence electrons. The molecule has 0 aliphatic rings. The minimum Gasteiger partial charge on any atom is -0.380 e. The van der Waals surface area contributed by atoms with Gasteiger partial charge >= 0.3 is 0 Å². The average molecular weight is 295 g/mol. The van der Waals surface area contributed by atoms with Crippen molar-refractivity contribution in [1.82, 2.24) is 0 Å². The first-order chi connectivity index (χ1) is 10.5. The quantitative estimate of drug-likeness (QED) is 0.518. The molecule has 6 heteroatoms. The van der Waals surface area contributed by atoms with Gasteiger partial charge in [0.05, 0.1) is 16.6 Å². The van der Waals surface area contributed by atoms with E-state index in [-0.39, 0.29) is 11.5 Å². The summed E-state index contributed by atoms with van der Waals surface area (Å²) in [5.41, 5.74) is 2.39. The molecule has 1 N–H and O–H groups in total. The van der Waals surface area contributed by atoms with Crippen LogP contribution >= 0.6 is 0 Å². The van der Waals surface area contributed by atoms with Crippen LogP contribution in [0.15, 0.2) is 42.5 Å². The number of hydrogen-bond acceptors (Lipinski definition) is 5. The van der Waals surface area contributed by atoms with Crippen LogP contribution < -0.4 is 5.32 Å². The van der Waals surface area contributed by atoms with E-state index in [0.717, 1.165) is 5.56 Å². The predicted molar refractivity (Wildman–Crippen MR) is 81.6 cm³/mol. The van der Waals surface area contributed by atoms with Gasteiger partial charge in [-0.1, -0.05) is 12.1 Å². The van der Waals surface area contributed by atoms with Crippen molar-refractivity contribution < 1.29 is 9.72 Å². The minimum absolute atomic E-state index is 0.0275. The van der Waals surface area contributed by atoms with Crippen molar-refractivity contribution in [2.45, 2.75) is 13.5 Å². The lowest BCUT2D eigenvalue weighted by atomic mass is 10.1. The molecule has 6 nitrogen and oxygen atoms in total. The number of nitriles is 1. The van der Waals surface area contributed by atoms with Crippen LogP contribution in [0.3, 0.4) is 0 Å². The highest BCUT2D eigenvalue weighted by Crippen LogP contribution is 2.20. The Hall–Kier alpha value is -3.20. The lowest BCUT2D eigenvalue weighted by Gasteiger charge is -2.10. The van der Waals surface area contributed by atoms with Gasteiger partial charge in [-0.3, -0.25) is 14.9 Å². The summed E-state index contributed by atoms with van der Waals surface area (Å²) >= 11 is 0. The summed E-state index contributed by atoms with van der Waals surface area (Å²) in [4.78, 5) is 21.7. The lowest BCUT2D eigenvalue weighted by Crippen LogP contribution is -2.05. The van der Waals surface area contributed by atoms with E-state index in [9.17, 15) is 14.9 Å². The van der Waals surface area contributed by atoms with Gasteiger partial charge in [0, 0.05) is 29.9 Å². The first-order valence-electron chi connectivity index (χ1n) is 6.53. The second kappa shape index (κ2) is 6.50. The topological polar surface area (TPSA) is 96.0 Å². The number of hydrogen-bond donors (Lipinski definition) is 1. The van der Waals surface area contributed by atoms with Gasteiger partial charge < -0.3 is 5.32 Å². The molecule has 0 radical (unpaired) electrons. The van der Waals surface area contributed by atoms with Crippen molar-refractivity contribution in [2.24, 2.45) is 0 Å². The molecule has 0 aliphatic carbocycles. The monoisotopic (exact) mass is 295 g/mol. The second-order valence-corrected chi connectivity index (χ2v) is 4.71.